The van der Waals surface area contributed by atoms with Crippen LogP contribution in [0.25, 0.3) is 0 Å². The van der Waals surface area contributed by atoms with E-state index in [1.54, 1.807) is 0 Å². The second-order valence-corrected chi connectivity index (χ2v) is 6.51. The topological polar surface area (TPSA) is 62.9 Å². The van der Waals surface area contributed by atoms with Crippen molar-refractivity contribution in [2.24, 2.45) is 7.05 Å². The van der Waals surface area contributed by atoms with Crippen LogP contribution in [0.2, 0.25) is 0 Å². The standard InChI is InChI=1S/C22H24N4O/c1-26-16-19(15-25-26)7-5-11-24-14-18-6-4-10-22(12-18)27-17-21-9-3-2-8-20(21)13-23/h2-4,6,8-10,12,15-16,24H,5,7,11,14,17H2,1H3. The Balaban J connectivity index is 1.44. The first-order chi connectivity index (χ1) is 13.2. The fourth-order valence-corrected chi connectivity index (χ4v) is 2.91. The summed E-state index contributed by atoms with van der Waals surface area (Å²) in [5.41, 5.74) is 4.01. The summed E-state index contributed by atoms with van der Waals surface area (Å²) in [6.07, 6.45) is 6.09. The van der Waals surface area contributed by atoms with Gasteiger partial charge in [-0.05, 0) is 48.7 Å². The maximum atomic E-state index is 9.16. The summed E-state index contributed by atoms with van der Waals surface area (Å²) in [7, 11) is 1.94. The van der Waals surface area contributed by atoms with E-state index in [2.05, 4.69) is 28.7 Å². The van der Waals surface area contributed by atoms with Gasteiger partial charge < -0.3 is 10.1 Å². The number of nitriles is 1. The Labute approximate surface area is 160 Å². The molecule has 3 rings (SSSR count). The van der Waals surface area contributed by atoms with Crippen LogP contribution in [0.4, 0.5) is 0 Å². The van der Waals surface area contributed by atoms with Crippen LogP contribution in [0.1, 0.15) is 28.7 Å². The van der Waals surface area contributed by atoms with E-state index < -0.39 is 0 Å². The maximum Gasteiger partial charge on any atom is 0.120 e. The van der Waals surface area contributed by atoms with Gasteiger partial charge in [0, 0.05) is 25.4 Å². The second-order valence-electron chi connectivity index (χ2n) is 6.51. The predicted octanol–water partition coefficient (Wildman–Crippen LogP) is 3.59. The van der Waals surface area contributed by atoms with Crippen LogP contribution in [0.15, 0.2) is 60.9 Å². The Kier molecular flexibility index (Phi) is 6.61. The lowest BCUT2D eigenvalue weighted by atomic mass is 10.1. The number of hydrogen-bond acceptors (Lipinski definition) is 4. The molecule has 0 bridgehead atoms. The molecule has 5 heteroatoms. The number of aromatic nitrogens is 2. The average molecular weight is 360 g/mol. The van der Waals surface area contributed by atoms with Gasteiger partial charge in [0.15, 0.2) is 0 Å². The van der Waals surface area contributed by atoms with Crippen LogP contribution in [0, 0.1) is 11.3 Å². The predicted molar refractivity (Wildman–Crippen MR) is 105 cm³/mol. The normalized spacial score (nSPS) is 10.5. The molecule has 0 unspecified atom stereocenters. The smallest absolute Gasteiger partial charge is 0.120 e. The Morgan fingerprint density at radius 1 is 1.15 bits per heavy atom. The highest BCUT2D eigenvalue weighted by atomic mass is 16.5. The first-order valence-corrected chi connectivity index (χ1v) is 9.12. The zero-order chi connectivity index (χ0) is 18.9. The Morgan fingerprint density at radius 3 is 2.85 bits per heavy atom. The van der Waals surface area contributed by atoms with Crippen molar-refractivity contribution in [1.82, 2.24) is 15.1 Å². The molecular weight excluding hydrogens is 336 g/mol. The summed E-state index contributed by atoms with van der Waals surface area (Å²) < 4.78 is 7.71. The third-order valence-electron chi connectivity index (χ3n) is 4.34. The highest BCUT2D eigenvalue weighted by Crippen LogP contribution is 2.16. The first-order valence-electron chi connectivity index (χ1n) is 9.12. The van der Waals surface area contributed by atoms with Crippen LogP contribution in [0.5, 0.6) is 5.75 Å². The van der Waals surface area contributed by atoms with E-state index in [1.165, 1.54) is 11.1 Å². The third kappa shape index (κ3) is 5.70. The summed E-state index contributed by atoms with van der Waals surface area (Å²) in [5, 5.41) is 16.8. The molecular formula is C22H24N4O. The fraction of sp³-hybridized carbons (Fsp3) is 0.273. The van der Waals surface area contributed by atoms with Crippen LogP contribution >= 0.6 is 0 Å². The molecule has 0 aliphatic heterocycles. The number of rotatable bonds is 9. The van der Waals surface area contributed by atoms with Gasteiger partial charge in [0.2, 0.25) is 0 Å². The average Bonchev–Trinajstić information content (AvgIpc) is 3.12. The zero-order valence-corrected chi connectivity index (χ0v) is 15.6. The van der Waals surface area contributed by atoms with Crippen molar-refractivity contribution in [2.75, 3.05) is 6.54 Å². The molecule has 27 heavy (non-hydrogen) atoms. The maximum absolute atomic E-state index is 9.16. The molecule has 1 heterocycles. The van der Waals surface area contributed by atoms with Crippen molar-refractivity contribution >= 4 is 0 Å². The van der Waals surface area contributed by atoms with Crippen molar-refractivity contribution in [3.05, 3.63) is 83.2 Å². The lowest BCUT2D eigenvalue weighted by Crippen LogP contribution is -2.15. The molecule has 0 spiro atoms. The van der Waals surface area contributed by atoms with E-state index >= 15 is 0 Å². The number of aryl methyl sites for hydroxylation is 2. The lowest BCUT2D eigenvalue weighted by molar-refractivity contribution is 0.305. The largest absolute Gasteiger partial charge is 0.489 e. The van der Waals surface area contributed by atoms with Crippen molar-refractivity contribution in [1.29, 1.82) is 5.26 Å². The van der Waals surface area contributed by atoms with Gasteiger partial charge in [-0.1, -0.05) is 30.3 Å². The van der Waals surface area contributed by atoms with Crippen LogP contribution in [0.3, 0.4) is 0 Å². The highest BCUT2D eigenvalue weighted by Gasteiger charge is 2.03. The first kappa shape index (κ1) is 18.7. The number of nitrogens with one attached hydrogen (secondary N) is 1. The molecule has 0 radical (unpaired) electrons. The lowest BCUT2D eigenvalue weighted by Gasteiger charge is -2.10. The second kappa shape index (κ2) is 9.56. The molecule has 0 atom stereocenters. The monoisotopic (exact) mass is 360 g/mol. The molecule has 0 aliphatic carbocycles. The minimum absolute atomic E-state index is 0.395. The van der Waals surface area contributed by atoms with E-state index in [-0.39, 0.29) is 0 Å². The number of nitrogens with zero attached hydrogens (tertiary/aromatic N) is 3. The summed E-state index contributed by atoms with van der Waals surface area (Å²) in [6, 6.07) is 17.8. The minimum atomic E-state index is 0.395. The molecule has 0 saturated heterocycles. The highest BCUT2D eigenvalue weighted by molar-refractivity contribution is 5.37. The van der Waals surface area contributed by atoms with E-state index in [4.69, 9.17) is 10.00 Å². The van der Waals surface area contributed by atoms with E-state index in [1.807, 2.05) is 60.4 Å². The Morgan fingerprint density at radius 2 is 2.04 bits per heavy atom. The van der Waals surface area contributed by atoms with Gasteiger partial charge in [0.05, 0.1) is 17.8 Å². The number of ether oxygens (including phenoxy) is 1. The van der Waals surface area contributed by atoms with Gasteiger partial charge in [-0.3, -0.25) is 4.68 Å². The molecule has 3 aromatic rings. The number of hydrogen-bond donors (Lipinski definition) is 1. The van der Waals surface area contributed by atoms with Gasteiger partial charge in [-0.15, -0.1) is 0 Å². The summed E-state index contributed by atoms with van der Waals surface area (Å²) in [6.45, 7) is 2.15. The van der Waals surface area contributed by atoms with E-state index in [0.717, 1.165) is 37.2 Å². The molecule has 1 N–H and O–H groups in total. The van der Waals surface area contributed by atoms with Gasteiger partial charge in [0.25, 0.3) is 0 Å². The molecule has 0 fully saturated rings. The summed E-state index contributed by atoms with van der Waals surface area (Å²) in [4.78, 5) is 0. The quantitative estimate of drug-likeness (QED) is 0.592. The van der Waals surface area contributed by atoms with E-state index in [0.29, 0.717) is 12.2 Å². The van der Waals surface area contributed by atoms with Crippen molar-refractivity contribution in [3.63, 3.8) is 0 Å². The Bertz CT molecular complexity index is 910. The molecule has 0 saturated carbocycles. The minimum Gasteiger partial charge on any atom is -0.489 e. The summed E-state index contributed by atoms with van der Waals surface area (Å²) in [5.74, 6) is 0.817. The van der Waals surface area contributed by atoms with Crippen LogP contribution < -0.4 is 10.1 Å². The van der Waals surface area contributed by atoms with Crippen molar-refractivity contribution in [2.45, 2.75) is 26.0 Å². The van der Waals surface area contributed by atoms with Crippen molar-refractivity contribution in [3.8, 4) is 11.8 Å². The van der Waals surface area contributed by atoms with Gasteiger partial charge in [-0.25, -0.2) is 0 Å². The molecule has 0 amide bonds. The van der Waals surface area contributed by atoms with Crippen molar-refractivity contribution < 1.29 is 4.74 Å². The molecule has 0 aliphatic rings. The Hall–Kier alpha value is -3.10. The molecule has 138 valence electrons. The third-order valence-corrected chi connectivity index (χ3v) is 4.34. The van der Waals surface area contributed by atoms with Gasteiger partial charge >= 0.3 is 0 Å². The molecule has 5 nitrogen and oxygen atoms in total. The SMILES string of the molecule is Cn1cc(CCCNCc2cccc(OCc3ccccc3C#N)c2)cn1. The van der Waals surface area contributed by atoms with E-state index in [9.17, 15) is 0 Å². The van der Waals surface area contributed by atoms with Crippen LogP contribution in [-0.2, 0) is 26.6 Å². The molecule has 2 aromatic carbocycles. The van der Waals surface area contributed by atoms with Crippen LogP contribution in [-0.4, -0.2) is 16.3 Å². The fourth-order valence-electron chi connectivity index (χ4n) is 2.91. The number of benzene rings is 2. The zero-order valence-electron chi connectivity index (χ0n) is 15.6. The van der Waals surface area contributed by atoms with Gasteiger partial charge in [0.1, 0.15) is 12.4 Å². The van der Waals surface area contributed by atoms with Gasteiger partial charge in [-0.2, -0.15) is 10.4 Å². The molecule has 1 aromatic heterocycles. The summed E-state index contributed by atoms with van der Waals surface area (Å²) >= 11 is 0.